The summed E-state index contributed by atoms with van der Waals surface area (Å²) in [6.45, 7) is 13.9. The lowest BCUT2D eigenvalue weighted by atomic mass is 10.2. The molecule has 0 amide bonds. The summed E-state index contributed by atoms with van der Waals surface area (Å²) in [5, 5.41) is 1.72. The van der Waals surface area contributed by atoms with Gasteiger partial charge in [0, 0.05) is 5.30 Å². The van der Waals surface area contributed by atoms with Crippen LogP contribution in [-0.2, 0) is 0 Å². The molecular formula is C16H27O2P. The number of ether oxygens (including phenoxy) is 2. The van der Waals surface area contributed by atoms with Crippen LogP contribution in [0.2, 0.25) is 0 Å². The Labute approximate surface area is 119 Å². The fourth-order valence-corrected chi connectivity index (χ4v) is 6.80. The van der Waals surface area contributed by atoms with E-state index in [-0.39, 0.29) is 10.3 Å². The standard InChI is InChI=1S/C16H27O2P/c1-15(2,3)19(16(4,5)6)14-11-12(17-7)9-10-13(14)18-8/h9-11H,1-8H3. The van der Waals surface area contributed by atoms with Gasteiger partial charge in [0.2, 0.25) is 0 Å². The first-order valence-electron chi connectivity index (χ1n) is 6.63. The Morgan fingerprint density at radius 2 is 1.37 bits per heavy atom. The lowest BCUT2D eigenvalue weighted by molar-refractivity contribution is 0.405. The molecule has 1 aromatic rings. The second kappa shape index (κ2) is 5.71. The third-order valence-electron chi connectivity index (χ3n) is 2.97. The van der Waals surface area contributed by atoms with Crippen LogP contribution < -0.4 is 14.8 Å². The Hall–Kier alpha value is -0.750. The molecule has 0 fully saturated rings. The third-order valence-corrected chi connectivity index (χ3v) is 6.48. The molecule has 0 saturated carbocycles. The minimum Gasteiger partial charge on any atom is -0.497 e. The normalized spacial score (nSPS) is 12.7. The van der Waals surface area contributed by atoms with Gasteiger partial charge >= 0.3 is 0 Å². The van der Waals surface area contributed by atoms with Crippen molar-refractivity contribution in [1.82, 2.24) is 0 Å². The van der Waals surface area contributed by atoms with Gasteiger partial charge in [-0.3, -0.25) is 0 Å². The van der Waals surface area contributed by atoms with Gasteiger partial charge in [0.1, 0.15) is 11.5 Å². The van der Waals surface area contributed by atoms with Gasteiger partial charge in [0.15, 0.2) is 0 Å². The minimum absolute atomic E-state index is 0.216. The SMILES string of the molecule is COc1ccc(OC)c(P(C(C)(C)C)C(C)(C)C)c1. The van der Waals surface area contributed by atoms with Crippen LogP contribution in [0.1, 0.15) is 41.5 Å². The average molecular weight is 282 g/mol. The molecule has 0 spiro atoms. The van der Waals surface area contributed by atoms with E-state index in [4.69, 9.17) is 9.47 Å². The van der Waals surface area contributed by atoms with E-state index in [1.54, 1.807) is 14.2 Å². The second-order valence-electron chi connectivity index (χ2n) is 6.71. The molecule has 0 bridgehead atoms. The summed E-state index contributed by atoms with van der Waals surface area (Å²) in [6, 6.07) is 6.11. The molecule has 0 aromatic heterocycles. The molecule has 1 rings (SSSR count). The maximum atomic E-state index is 5.58. The Balaban J connectivity index is 3.45. The first kappa shape index (κ1) is 16.3. The highest BCUT2D eigenvalue weighted by atomic mass is 31.1. The minimum atomic E-state index is -0.391. The van der Waals surface area contributed by atoms with Crippen LogP contribution in [0.4, 0.5) is 0 Å². The first-order chi connectivity index (χ1) is 8.61. The van der Waals surface area contributed by atoms with Crippen LogP contribution in [0.15, 0.2) is 18.2 Å². The van der Waals surface area contributed by atoms with Gasteiger partial charge in [-0.2, -0.15) is 0 Å². The predicted molar refractivity (Wildman–Crippen MR) is 85.6 cm³/mol. The fourth-order valence-electron chi connectivity index (χ4n) is 2.70. The number of benzene rings is 1. The molecule has 108 valence electrons. The van der Waals surface area contributed by atoms with Crippen molar-refractivity contribution < 1.29 is 9.47 Å². The molecule has 0 atom stereocenters. The van der Waals surface area contributed by atoms with Gasteiger partial charge in [0.25, 0.3) is 0 Å². The monoisotopic (exact) mass is 282 g/mol. The van der Waals surface area contributed by atoms with Crippen LogP contribution in [0.5, 0.6) is 11.5 Å². The van der Waals surface area contributed by atoms with E-state index in [0.717, 1.165) is 11.5 Å². The van der Waals surface area contributed by atoms with Crippen molar-refractivity contribution >= 4 is 13.2 Å². The highest BCUT2D eigenvalue weighted by Gasteiger charge is 2.37. The lowest BCUT2D eigenvalue weighted by Gasteiger charge is -2.42. The van der Waals surface area contributed by atoms with Crippen molar-refractivity contribution in [3.05, 3.63) is 18.2 Å². The predicted octanol–water partition coefficient (Wildman–Crippen LogP) is 4.41. The van der Waals surface area contributed by atoms with Gasteiger partial charge < -0.3 is 9.47 Å². The molecule has 1 aromatic carbocycles. The quantitative estimate of drug-likeness (QED) is 0.765. The highest BCUT2D eigenvalue weighted by Crippen LogP contribution is 2.59. The molecule has 0 radical (unpaired) electrons. The van der Waals surface area contributed by atoms with E-state index < -0.39 is 7.92 Å². The third kappa shape index (κ3) is 3.86. The lowest BCUT2D eigenvalue weighted by Crippen LogP contribution is -2.31. The Kier molecular flexibility index (Phi) is 4.90. The van der Waals surface area contributed by atoms with Gasteiger partial charge in [-0.25, -0.2) is 0 Å². The van der Waals surface area contributed by atoms with E-state index in [9.17, 15) is 0 Å². The van der Waals surface area contributed by atoms with Crippen molar-refractivity contribution in [2.24, 2.45) is 0 Å². The van der Waals surface area contributed by atoms with E-state index in [1.165, 1.54) is 5.30 Å². The van der Waals surface area contributed by atoms with Crippen molar-refractivity contribution in [2.75, 3.05) is 14.2 Å². The number of methoxy groups -OCH3 is 2. The molecule has 0 aliphatic rings. The fraction of sp³-hybridized carbons (Fsp3) is 0.625. The zero-order valence-corrected chi connectivity index (χ0v) is 14.4. The zero-order valence-electron chi connectivity index (χ0n) is 13.5. The molecule has 0 heterocycles. The van der Waals surface area contributed by atoms with Crippen LogP contribution >= 0.6 is 7.92 Å². The highest BCUT2D eigenvalue weighted by molar-refractivity contribution is 7.68. The maximum absolute atomic E-state index is 5.58. The van der Waals surface area contributed by atoms with Gasteiger partial charge in [-0.05, 0) is 28.5 Å². The molecule has 2 nitrogen and oxygen atoms in total. The van der Waals surface area contributed by atoms with Crippen molar-refractivity contribution in [3.8, 4) is 11.5 Å². The van der Waals surface area contributed by atoms with E-state index >= 15 is 0 Å². The van der Waals surface area contributed by atoms with E-state index in [2.05, 4.69) is 47.6 Å². The molecule has 0 saturated heterocycles. The van der Waals surface area contributed by atoms with Crippen LogP contribution in [-0.4, -0.2) is 24.5 Å². The summed E-state index contributed by atoms with van der Waals surface area (Å²) in [5.74, 6) is 1.87. The van der Waals surface area contributed by atoms with Gasteiger partial charge in [-0.15, -0.1) is 0 Å². The van der Waals surface area contributed by atoms with E-state index in [1.807, 2.05) is 12.1 Å². The van der Waals surface area contributed by atoms with Gasteiger partial charge in [-0.1, -0.05) is 49.5 Å². The molecule has 0 aliphatic carbocycles. The summed E-state index contributed by atoms with van der Waals surface area (Å²) in [4.78, 5) is 0. The average Bonchev–Trinajstić information content (AvgIpc) is 2.25. The first-order valence-corrected chi connectivity index (χ1v) is 7.98. The van der Waals surface area contributed by atoms with Crippen molar-refractivity contribution in [2.45, 2.75) is 51.9 Å². The van der Waals surface area contributed by atoms with Crippen molar-refractivity contribution in [3.63, 3.8) is 0 Å². The van der Waals surface area contributed by atoms with E-state index in [0.29, 0.717) is 0 Å². The molecule has 0 N–H and O–H groups in total. The van der Waals surface area contributed by atoms with Crippen molar-refractivity contribution in [1.29, 1.82) is 0 Å². The summed E-state index contributed by atoms with van der Waals surface area (Å²) in [5.41, 5.74) is 0. The summed E-state index contributed by atoms with van der Waals surface area (Å²) in [7, 11) is 3.06. The topological polar surface area (TPSA) is 18.5 Å². The number of hydrogen-bond acceptors (Lipinski definition) is 2. The Morgan fingerprint density at radius 3 is 1.74 bits per heavy atom. The second-order valence-corrected chi connectivity index (χ2v) is 10.6. The van der Waals surface area contributed by atoms with Crippen LogP contribution in [0, 0.1) is 0 Å². The largest absolute Gasteiger partial charge is 0.497 e. The molecular weight excluding hydrogens is 255 g/mol. The summed E-state index contributed by atoms with van der Waals surface area (Å²) >= 11 is 0. The molecule has 3 heteroatoms. The summed E-state index contributed by atoms with van der Waals surface area (Å²) < 4.78 is 11.0. The van der Waals surface area contributed by atoms with Crippen LogP contribution in [0.25, 0.3) is 0 Å². The molecule has 19 heavy (non-hydrogen) atoms. The zero-order chi connectivity index (χ0) is 14.8. The summed E-state index contributed by atoms with van der Waals surface area (Å²) in [6.07, 6.45) is 0. The van der Waals surface area contributed by atoms with Crippen LogP contribution in [0.3, 0.4) is 0 Å². The number of hydrogen-bond donors (Lipinski definition) is 0. The number of rotatable bonds is 3. The van der Waals surface area contributed by atoms with Gasteiger partial charge in [0.05, 0.1) is 14.2 Å². The molecule has 0 unspecified atom stereocenters. The Bertz CT molecular complexity index is 413. The molecule has 0 aliphatic heterocycles. The Morgan fingerprint density at radius 1 is 0.842 bits per heavy atom. The smallest absolute Gasteiger partial charge is 0.126 e. The maximum Gasteiger partial charge on any atom is 0.126 e.